The second-order valence-corrected chi connectivity index (χ2v) is 5.19. The zero-order chi connectivity index (χ0) is 12.2. The molecule has 0 heterocycles. The van der Waals surface area contributed by atoms with Crippen molar-refractivity contribution in [3.05, 3.63) is 34.1 Å². The molecule has 1 aromatic carbocycles. The molecule has 0 bridgehead atoms. The minimum absolute atomic E-state index is 0.357. The quantitative estimate of drug-likeness (QED) is 0.798. The van der Waals surface area contributed by atoms with Gasteiger partial charge in [-0.25, -0.2) is 4.39 Å². The average Bonchev–Trinajstić information content (AvgIpc) is 2.22. The van der Waals surface area contributed by atoms with Crippen LogP contribution in [0.5, 0.6) is 0 Å². The number of hydrogen-bond acceptors (Lipinski definition) is 1. The second-order valence-electron chi connectivity index (χ2n) is 4.33. The molecule has 0 amide bonds. The van der Waals surface area contributed by atoms with Gasteiger partial charge < -0.3 is 5.11 Å². The van der Waals surface area contributed by atoms with E-state index in [4.69, 9.17) is 0 Å². The van der Waals surface area contributed by atoms with Crippen LogP contribution in [0.2, 0.25) is 0 Å². The molecule has 0 aliphatic heterocycles. The van der Waals surface area contributed by atoms with E-state index in [0.29, 0.717) is 16.5 Å². The number of rotatable bonds is 5. The minimum Gasteiger partial charge on any atom is -0.385 e. The highest BCUT2D eigenvalue weighted by Gasteiger charge is 2.26. The van der Waals surface area contributed by atoms with Gasteiger partial charge in [0.1, 0.15) is 5.82 Å². The van der Waals surface area contributed by atoms with Gasteiger partial charge in [0.15, 0.2) is 0 Å². The summed E-state index contributed by atoms with van der Waals surface area (Å²) in [5, 5.41) is 10.3. The van der Waals surface area contributed by atoms with Crippen LogP contribution in [0.15, 0.2) is 22.7 Å². The van der Waals surface area contributed by atoms with Crippen LogP contribution in [-0.4, -0.2) is 5.11 Å². The first-order chi connectivity index (χ1) is 7.49. The molecule has 1 atom stereocenters. The Kier molecular flexibility index (Phi) is 4.93. The number of halogens is 2. The van der Waals surface area contributed by atoms with Gasteiger partial charge in [0.05, 0.1) is 10.1 Å². The van der Waals surface area contributed by atoms with E-state index in [-0.39, 0.29) is 5.82 Å². The standard InChI is InChI=1S/C13H18BrFO/c1-3-4-5-9-13(2,16)10-7-6-8-11(14)12(10)15/h6-8,16H,3-5,9H2,1-2H3. The van der Waals surface area contributed by atoms with Crippen molar-refractivity contribution in [3.63, 3.8) is 0 Å². The Morgan fingerprint density at radius 3 is 2.69 bits per heavy atom. The highest BCUT2D eigenvalue weighted by atomic mass is 79.9. The van der Waals surface area contributed by atoms with Crippen molar-refractivity contribution < 1.29 is 9.50 Å². The zero-order valence-corrected chi connectivity index (χ0v) is 11.3. The van der Waals surface area contributed by atoms with E-state index in [2.05, 4.69) is 22.9 Å². The summed E-state index contributed by atoms with van der Waals surface area (Å²) < 4.78 is 14.2. The summed E-state index contributed by atoms with van der Waals surface area (Å²) in [6, 6.07) is 5.03. The lowest BCUT2D eigenvalue weighted by Crippen LogP contribution is -2.22. The molecular formula is C13H18BrFO. The molecule has 0 aliphatic carbocycles. The van der Waals surface area contributed by atoms with Gasteiger partial charge in [0.25, 0.3) is 0 Å². The molecule has 0 aromatic heterocycles. The van der Waals surface area contributed by atoms with Gasteiger partial charge in [0.2, 0.25) is 0 Å². The van der Waals surface area contributed by atoms with E-state index >= 15 is 0 Å². The number of benzene rings is 1. The third-order valence-electron chi connectivity index (χ3n) is 2.80. The average molecular weight is 289 g/mol. The topological polar surface area (TPSA) is 20.2 Å². The maximum absolute atomic E-state index is 13.8. The fourth-order valence-corrected chi connectivity index (χ4v) is 2.14. The van der Waals surface area contributed by atoms with E-state index in [1.165, 1.54) is 0 Å². The Bertz CT molecular complexity index is 350. The van der Waals surface area contributed by atoms with Crippen molar-refractivity contribution in [3.8, 4) is 0 Å². The molecule has 0 radical (unpaired) electrons. The number of hydrogen-bond donors (Lipinski definition) is 1. The first-order valence-corrected chi connectivity index (χ1v) is 6.45. The Hall–Kier alpha value is -0.410. The van der Waals surface area contributed by atoms with Crippen molar-refractivity contribution in [1.29, 1.82) is 0 Å². The summed E-state index contributed by atoms with van der Waals surface area (Å²) in [5.74, 6) is -0.357. The van der Waals surface area contributed by atoms with E-state index in [9.17, 15) is 9.50 Å². The van der Waals surface area contributed by atoms with E-state index in [0.717, 1.165) is 19.3 Å². The van der Waals surface area contributed by atoms with Crippen LogP contribution in [-0.2, 0) is 5.60 Å². The van der Waals surface area contributed by atoms with Crippen LogP contribution in [0.25, 0.3) is 0 Å². The SMILES string of the molecule is CCCCCC(C)(O)c1cccc(Br)c1F. The summed E-state index contributed by atoms with van der Waals surface area (Å²) in [7, 11) is 0. The lowest BCUT2D eigenvalue weighted by atomic mass is 9.90. The molecule has 0 spiro atoms. The molecular weight excluding hydrogens is 271 g/mol. The van der Waals surface area contributed by atoms with E-state index < -0.39 is 5.60 Å². The van der Waals surface area contributed by atoms with Gasteiger partial charge in [-0.1, -0.05) is 38.3 Å². The Balaban J connectivity index is 2.84. The van der Waals surface area contributed by atoms with Crippen LogP contribution >= 0.6 is 15.9 Å². The Morgan fingerprint density at radius 1 is 1.38 bits per heavy atom. The van der Waals surface area contributed by atoms with Gasteiger partial charge >= 0.3 is 0 Å². The maximum Gasteiger partial charge on any atom is 0.143 e. The molecule has 0 aliphatic rings. The summed E-state index contributed by atoms with van der Waals surface area (Å²) in [4.78, 5) is 0. The molecule has 1 unspecified atom stereocenters. The third-order valence-corrected chi connectivity index (χ3v) is 3.41. The molecule has 0 saturated heterocycles. The van der Waals surface area contributed by atoms with Gasteiger partial charge in [-0.15, -0.1) is 0 Å². The molecule has 3 heteroatoms. The molecule has 0 fully saturated rings. The lowest BCUT2D eigenvalue weighted by molar-refractivity contribution is 0.0412. The largest absolute Gasteiger partial charge is 0.385 e. The van der Waals surface area contributed by atoms with Gasteiger partial charge in [-0.3, -0.25) is 0 Å². The number of aliphatic hydroxyl groups is 1. The molecule has 0 saturated carbocycles. The van der Waals surface area contributed by atoms with Crippen LogP contribution in [0.4, 0.5) is 4.39 Å². The summed E-state index contributed by atoms with van der Waals surface area (Å²) >= 11 is 3.13. The predicted molar refractivity (Wildman–Crippen MR) is 67.8 cm³/mol. The normalized spacial score (nSPS) is 14.8. The van der Waals surface area contributed by atoms with Gasteiger partial charge in [0, 0.05) is 5.56 Å². The summed E-state index contributed by atoms with van der Waals surface area (Å²) in [5.41, 5.74) is -0.707. The van der Waals surface area contributed by atoms with Crippen LogP contribution < -0.4 is 0 Å². The third kappa shape index (κ3) is 3.29. The fraction of sp³-hybridized carbons (Fsp3) is 0.538. The highest BCUT2D eigenvalue weighted by molar-refractivity contribution is 9.10. The molecule has 90 valence electrons. The molecule has 1 aromatic rings. The smallest absolute Gasteiger partial charge is 0.143 e. The molecule has 1 rings (SSSR count). The minimum atomic E-state index is -1.08. The first-order valence-electron chi connectivity index (χ1n) is 5.66. The van der Waals surface area contributed by atoms with Crippen LogP contribution in [0.3, 0.4) is 0 Å². The summed E-state index contributed by atoms with van der Waals surface area (Å²) in [6.07, 6.45) is 3.66. The van der Waals surface area contributed by atoms with Crippen LogP contribution in [0, 0.1) is 5.82 Å². The van der Waals surface area contributed by atoms with Crippen molar-refractivity contribution in [2.75, 3.05) is 0 Å². The van der Waals surface area contributed by atoms with Crippen LogP contribution in [0.1, 0.15) is 45.1 Å². The fourth-order valence-electron chi connectivity index (χ4n) is 1.77. The van der Waals surface area contributed by atoms with Crippen molar-refractivity contribution >= 4 is 15.9 Å². The highest BCUT2D eigenvalue weighted by Crippen LogP contribution is 2.31. The van der Waals surface area contributed by atoms with E-state index in [1.54, 1.807) is 25.1 Å². The zero-order valence-electron chi connectivity index (χ0n) is 9.76. The Morgan fingerprint density at radius 2 is 2.06 bits per heavy atom. The molecule has 16 heavy (non-hydrogen) atoms. The van der Waals surface area contributed by atoms with E-state index in [1.807, 2.05) is 0 Å². The molecule has 1 nitrogen and oxygen atoms in total. The van der Waals surface area contributed by atoms with Gasteiger partial charge in [-0.05, 0) is 35.3 Å². The maximum atomic E-state index is 13.8. The summed E-state index contributed by atoms with van der Waals surface area (Å²) in [6.45, 7) is 3.78. The molecule has 1 N–H and O–H groups in total. The number of unbranched alkanes of at least 4 members (excludes halogenated alkanes) is 2. The van der Waals surface area contributed by atoms with Crippen molar-refractivity contribution in [1.82, 2.24) is 0 Å². The van der Waals surface area contributed by atoms with Crippen molar-refractivity contribution in [2.45, 2.75) is 45.1 Å². The first kappa shape index (κ1) is 13.7. The van der Waals surface area contributed by atoms with Gasteiger partial charge in [-0.2, -0.15) is 0 Å². The lowest BCUT2D eigenvalue weighted by Gasteiger charge is -2.24. The second kappa shape index (κ2) is 5.78. The Labute approximate surface area is 105 Å². The van der Waals surface area contributed by atoms with Crippen molar-refractivity contribution in [2.24, 2.45) is 0 Å². The predicted octanol–water partition coefficient (Wildman–Crippen LogP) is 4.38. The monoisotopic (exact) mass is 288 g/mol.